The van der Waals surface area contributed by atoms with Gasteiger partial charge in [0.05, 0.1) is 0 Å². The van der Waals surface area contributed by atoms with Crippen molar-refractivity contribution < 1.29 is 0 Å². The fraction of sp³-hybridized carbons (Fsp3) is 1.00. The standard InChI is InChI=1S/C6H19NSi2.Li.Si/c1-8(2,3)7-9(4,5)6;;/h7H,1-6H3;;. The van der Waals surface area contributed by atoms with E-state index in [0.29, 0.717) is 0 Å². The summed E-state index contributed by atoms with van der Waals surface area (Å²) in [4.78, 5) is 0. The molecule has 0 heterocycles. The molecular formula is C6H19LiNSi3. The molecule has 0 aliphatic rings. The maximum absolute atomic E-state index is 3.74. The monoisotopic (exact) mass is 196 g/mol. The SMILES string of the molecule is C[Si](C)(C)N[Si](C)(C)C.[Li].[Si]. The van der Waals surface area contributed by atoms with Gasteiger partial charge in [0.1, 0.15) is 16.5 Å². The van der Waals surface area contributed by atoms with Gasteiger partial charge in [0.2, 0.25) is 0 Å². The number of rotatable bonds is 2. The van der Waals surface area contributed by atoms with E-state index < -0.39 is 16.5 Å². The number of nitrogens with one attached hydrogen (secondary N) is 1. The molecule has 0 aliphatic heterocycles. The van der Waals surface area contributed by atoms with Gasteiger partial charge in [-0.3, -0.25) is 0 Å². The van der Waals surface area contributed by atoms with Crippen molar-refractivity contribution in [1.29, 1.82) is 0 Å². The number of hydrogen-bond donors (Lipinski definition) is 1. The first-order valence-corrected chi connectivity index (χ1v) is 10.5. The van der Waals surface area contributed by atoms with Gasteiger partial charge in [-0.2, -0.15) is 0 Å². The van der Waals surface area contributed by atoms with E-state index in [2.05, 4.69) is 43.9 Å². The molecule has 1 nitrogen and oxygen atoms in total. The van der Waals surface area contributed by atoms with Crippen LogP contribution in [0.3, 0.4) is 0 Å². The minimum atomic E-state index is -0.981. The van der Waals surface area contributed by atoms with Crippen LogP contribution in [-0.4, -0.2) is 46.3 Å². The largest absolute Gasteiger partial charge is 0.360 e. The Hall–Kier alpha value is 1.21. The zero-order valence-corrected chi connectivity index (χ0v) is 12.0. The first-order chi connectivity index (χ1) is 3.71. The van der Waals surface area contributed by atoms with E-state index in [0.717, 1.165) is 0 Å². The Balaban J connectivity index is -0.000000320. The van der Waals surface area contributed by atoms with Gasteiger partial charge in [0.15, 0.2) is 0 Å². The Morgan fingerprint density at radius 2 is 0.909 bits per heavy atom. The van der Waals surface area contributed by atoms with Crippen molar-refractivity contribution in [1.82, 2.24) is 4.65 Å². The molecule has 11 heavy (non-hydrogen) atoms. The molecule has 0 atom stereocenters. The van der Waals surface area contributed by atoms with Gasteiger partial charge >= 0.3 is 0 Å². The fourth-order valence-electron chi connectivity index (χ4n) is 1.12. The third-order valence-corrected chi connectivity index (χ3v) is 6.75. The van der Waals surface area contributed by atoms with Gasteiger partial charge in [-0.25, -0.2) is 0 Å². The molecule has 61 valence electrons. The van der Waals surface area contributed by atoms with Crippen LogP contribution < -0.4 is 4.65 Å². The predicted molar refractivity (Wildman–Crippen MR) is 61.3 cm³/mol. The summed E-state index contributed by atoms with van der Waals surface area (Å²) in [6.45, 7) is 14.1. The molecule has 0 amide bonds. The molecule has 0 rings (SSSR count). The maximum Gasteiger partial charge on any atom is 0.109 e. The summed E-state index contributed by atoms with van der Waals surface area (Å²) in [5, 5.41) is 0. The second-order valence-corrected chi connectivity index (χ2v) is 14.6. The Morgan fingerprint density at radius 1 is 0.727 bits per heavy atom. The van der Waals surface area contributed by atoms with E-state index in [1.165, 1.54) is 0 Å². The Labute approximate surface area is 90.1 Å². The number of hydrogen-bond acceptors (Lipinski definition) is 1. The maximum atomic E-state index is 3.74. The van der Waals surface area contributed by atoms with Crippen LogP contribution in [0, 0.1) is 0 Å². The van der Waals surface area contributed by atoms with Crippen molar-refractivity contribution in [3.63, 3.8) is 0 Å². The molecular weight excluding hydrogens is 177 g/mol. The van der Waals surface area contributed by atoms with Crippen molar-refractivity contribution in [2.45, 2.75) is 39.3 Å². The minimum absolute atomic E-state index is 0. The van der Waals surface area contributed by atoms with Crippen LogP contribution in [0.2, 0.25) is 39.3 Å². The summed E-state index contributed by atoms with van der Waals surface area (Å²) in [7, 11) is -1.96. The molecule has 0 aromatic carbocycles. The van der Waals surface area contributed by atoms with Crippen molar-refractivity contribution in [3.8, 4) is 0 Å². The molecule has 0 unspecified atom stereocenters. The molecule has 0 aromatic rings. The summed E-state index contributed by atoms with van der Waals surface area (Å²) < 4.78 is 3.74. The fourth-order valence-corrected chi connectivity index (χ4v) is 10.1. The van der Waals surface area contributed by atoms with Crippen molar-refractivity contribution in [3.05, 3.63) is 0 Å². The zero-order chi connectivity index (χ0) is 7.71. The van der Waals surface area contributed by atoms with Gasteiger partial charge in [-0.1, -0.05) is 39.3 Å². The molecule has 0 bridgehead atoms. The summed E-state index contributed by atoms with van der Waals surface area (Å²) >= 11 is 0. The Morgan fingerprint density at radius 3 is 0.909 bits per heavy atom. The van der Waals surface area contributed by atoms with Crippen LogP contribution in [0.1, 0.15) is 0 Å². The van der Waals surface area contributed by atoms with E-state index in [1.807, 2.05) is 0 Å². The molecule has 0 saturated carbocycles. The molecule has 0 spiro atoms. The third-order valence-electron chi connectivity index (χ3n) is 0.750. The summed E-state index contributed by atoms with van der Waals surface area (Å²) in [6, 6.07) is 0. The van der Waals surface area contributed by atoms with Crippen molar-refractivity contribution >= 4 is 46.3 Å². The average molecular weight is 196 g/mol. The van der Waals surface area contributed by atoms with Crippen LogP contribution in [-0.2, 0) is 0 Å². The molecule has 5 heteroatoms. The van der Waals surface area contributed by atoms with E-state index in [1.54, 1.807) is 0 Å². The van der Waals surface area contributed by atoms with Crippen molar-refractivity contribution in [2.24, 2.45) is 0 Å². The quantitative estimate of drug-likeness (QED) is 0.660. The Bertz CT molecular complexity index is 83.0. The molecule has 1 N–H and O–H groups in total. The molecule has 5 radical (unpaired) electrons. The predicted octanol–water partition coefficient (Wildman–Crippen LogP) is 1.48. The summed E-state index contributed by atoms with van der Waals surface area (Å²) in [5.41, 5.74) is 0. The van der Waals surface area contributed by atoms with Gasteiger partial charge < -0.3 is 4.65 Å². The van der Waals surface area contributed by atoms with Crippen molar-refractivity contribution in [2.75, 3.05) is 0 Å². The summed E-state index contributed by atoms with van der Waals surface area (Å²) in [5.74, 6) is 0. The van der Waals surface area contributed by atoms with Gasteiger partial charge in [0, 0.05) is 29.8 Å². The van der Waals surface area contributed by atoms with Crippen LogP contribution >= 0.6 is 0 Å². The molecule has 0 fully saturated rings. The van der Waals surface area contributed by atoms with Gasteiger partial charge in [-0.15, -0.1) is 0 Å². The molecule has 0 aromatic heterocycles. The first-order valence-electron chi connectivity index (χ1n) is 3.50. The van der Waals surface area contributed by atoms with E-state index in [4.69, 9.17) is 0 Å². The Kier molecular flexibility index (Phi) is 9.51. The smallest absolute Gasteiger partial charge is 0.109 e. The van der Waals surface area contributed by atoms with Crippen LogP contribution in [0.15, 0.2) is 0 Å². The van der Waals surface area contributed by atoms with E-state index in [-0.39, 0.29) is 29.8 Å². The second kappa shape index (κ2) is 5.79. The zero-order valence-electron chi connectivity index (χ0n) is 9.00. The first kappa shape index (κ1) is 18.1. The van der Waals surface area contributed by atoms with Crippen LogP contribution in [0.5, 0.6) is 0 Å². The van der Waals surface area contributed by atoms with Crippen LogP contribution in [0.25, 0.3) is 0 Å². The van der Waals surface area contributed by atoms with Gasteiger partial charge in [-0.05, 0) is 0 Å². The van der Waals surface area contributed by atoms with E-state index >= 15 is 0 Å². The minimum Gasteiger partial charge on any atom is -0.360 e. The van der Waals surface area contributed by atoms with Crippen LogP contribution in [0.4, 0.5) is 0 Å². The third kappa shape index (κ3) is 18.3. The van der Waals surface area contributed by atoms with E-state index in [9.17, 15) is 0 Å². The van der Waals surface area contributed by atoms with Gasteiger partial charge in [0.25, 0.3) is 0 Å². The molecule has 0 aliphatic carbocycles. The second-order valence-electron chi connectivity index (χ2n) is 4.62. The normalized spacial score (nSPS) is 11.5. The topological polar surface area (TPSA) is 12.0 Å². The molecule has 0 saturated heterocycles. The summed E-state index contributed by atoms with van der Waals surface area (Å²) in [6.07, 6.45) is 0. The average Bonchev–Trinajstić information content (AvgIpc) is 1.14.